The maximum absolute atomic E-state index is 13.2. The van der Waals surface area contributed by atoms with Crippen LogP contribution in [0, 0.1) is 5.92 Å². The number of nitrogens with zero attached hydrogens (tertiary/aromatic N) is 3. The maximum Gasteiger partial charge on any atom is 0.241 e. The standard InChI is InChI=1S/C28H27BrN4O2/c29-24-13-11-22(12-14-24)27-30-25(35-32-27)19-33-17-15-23(16-18-33)28(34)31-26(20-7-3-1-4-8-20)21-9-5-2-6-10-21/h1-14,23,26H,15-19H2,(H,31,34). The summed E-state index contributed by atoms with van der Waals surface area (Å²) in [5.74, 6) is 1.29. The normalized spacial score (nSPS) is 14.8. The van der Waals surface area contributed by atoms with Crippen molar-refractivity contribution in [1.29, 1.82) is 0 Å². The van der Waals surface area contributed by atoms with Crippen molar-refractivity contribution in [3.8, 4) is 11.4 Å². The monoisotopic (exact) mass is 530 g/mol. The van der Waals surface area contributed by atoms with E-state index in [0.29, 0.717) is 18.3 Å². The molecule has 4 aromatic rings. The number of halogens is 1. The molecule has 0 radical (unpaired) electrons. The first-order chi connectivity index (χ1) is 17.2. The van der Waals surface area contributed by atoms with E-state index in [1.807, 2.05) is 60.7 Å². The summed E-state index contributed by atoms with van der Waals surface area (Å²) < 4.78 is 6.49. The van der Waals surface area contributed by atoms with E-state index in [-0.39, 0.29) is 17.9 Å². The second kappa shape index (κ2) is 11.0. The van der Waals surface area contributed by atoms with E-state index in [1.165, 1.54) is 0 Å². The lowest BCUT2D eigenvalue weighted by molar-refractivity contribution is -0.127. The third kappa shape index (κ3) is 5.86. The van der Waals surface area contributed by atoms with Crippen LogP contribution in [0.1, 0.15) is 35.9 Å². The van der Waals surface area contributed by atoms with Crippen molar-refractivity contribution in [1.82, 2.24) is 20.4 Å². The molecule has 6 nitrogen and oxygen atoms in total. The first kappa shape index (κ1) is 23.5. The molecule has 0 saturated carbocycles. The van der Waals surface area contributed by atoms with Gasteiger partial charge in [-0.25, -0.2) is 0 Å². The van der Waals surface area contributed by atoms with Crippen molar-refractivity contribution in [2.75, 3.05) is 13.1 Å². The van der Waals surface area contributed by atoms with Crippen LogP contribution in [0.4, 0.5) is 0 Å². The molecule has 7 heteroatoms. The molecule has 3 aromatic carbocycles. The Morgan fingerprint density at radius 1 is 0.943 bits per heavy atom. The zero-order valence-corrected chi connectivity index (χ0v) is 20.9. The molecule has 1 N–H and O–H groups in total. The van der Waals surface area contributed by atoms with Gasteiger partial charge >= 0.3 is 0 Å². The van der Waals surface area contributed by atoms with Crippen LogP contribution in [0.15, 0.2) is 93.9 Å². The molecule has 35 heavy (non-hydrogen) atoms. The van der Waals surface area contributed by atoms with Crippen molar-refractivity contribution < 1.29 is 9.32 Å². The number of amides is 1. The van der Waals surface area contributed by atoms with E-state index < -0.39 is 0 Å². The molecule has 0 atom stereocenters. The zero-order chi connectivity index (χ0) is 24.0. The number of likely N-dealkylation sites (tertiary alicyclic amines) is 1. The van der Waals surface area contributed by atoms with Gasteiger partial charge in [-0.1, -0.05) is 81.8 Å². The van der Waals surface area contributed by atoms with Crippen LogP contribution in [0.5, 0.6) is 0 Å². The van der Waals surface area contributed by atoms with Crippen LogP contribution in [0.2, 0.25) is 0 Å². The van der Waals surface area contributed by atoms with Crippen molar-refractivity contribution in [2.24, 2.45) is 5.92 Å². The number of aromatic nitrogens is 2. The topological polar surface area (TPSA) is 71.3 Å². The molecule has 1 fully saturated rings. The van der Waals surface area contributed by atoms with E-state index >= 15 is 0 Å². The van der Waals surface area contributed by atoms with Gasteiger partial charge in [0.2, 0.25) is 17.6 Å². The van der Waals surface area contributed by atoms with Gasteiger partial charge in [0.25, 0.3) is 0 Å². The third-order valence-corrected chi connectivity index (χ3v) is 6.97. The molecule has 178 valence electrons. The van der Waals surface area contributed by atoms with Gasteiger partial charge in [0.15, 0.2) is 0 Å². The average Bonchev–Trinajstić information content (AvgIpc) is 3.37. The fourth-order valence-electron chi connectivity index (χ4n) is 4.49. The minimum atomic E-state index is -0.154. The molecule has 1 saturated heterocycles. The quantitative estimate of drug-likeness (QED) is 0.336. The van der Waals surface area contributed by atoms with Crippen LogP contribution in [-0.4, -0.2) is 34.0 Å². The maximum atomic E-state index is 13.2. The summed E-state index contributed by atoms with van der Waals surface area (Å²) in [5.41, 5.74) is 3.09. The van der Waals surface area contributed by atoms with Gasteiger partial charge in [-0.3, -0.25) is 9.69 Å². The number of carbonyl (C=O) groups excluding carboxylic acids is 1. The van der Waals surface area contributed by atoms with Crippen LogP contribution in [0.3, 0.4) is 0 Å². The molecule has 1 aliphatic rings. The summed E-state index contributed by atoms with van der Waals surface area (Å²) in [4.78, 5) is 20.1. The molecule has 0 spiro atoms. The first-order valence-electron chi connectivity index (χ1n) is 11.9. The molecule has 0 bridgehead atoms. The smallest absolute Gasteiger partial charge is 0.241 e. The van der Waals surface area contributed by atoms with E-state index in [2.05, 4.69) is 60.6 Å². The molecule has 1 aliphatic heterocycles. The Kier molecular flexibility index (Phi) is 7.35. The minimum Gasteiger partial charge on any atom is -0.345 e. The third-order valence-electron chi connectivity index (χ3n) is 6.44. The molecule has 0 aliphatic carbocycles. The van der Waals surface area contributed by atoms with Crippen molar-refractivity contribution in [2.45, 2.75) is 25.4 Å². The lowest BCUT2D eigenvalue weighted by Crippen LogP contribution is -2.41. The second-order valence-electron chi connectivity index (χ2n) is 8.83. The molecule has 5 rings (SSSR count). The van der Waals surface area contributed by atoms with Crippen molar-refractivity contribution in [3.05, 3.63) is 106 Å². The number of piperidine rings is 1. The minimum absolute atomic E-state index is 0.0119. The highest BCUT2D eigenvalue weighted by Crippen LogP contribution is 2.25. The highest BCUT2D eigenvalue weighted by molar-refractivity contribution is 9.10. The van der Waals surface area contributed by atoms with Crippen molar-refractivity contribution >= 4 is 21.8 Å². The van der Waals surface area contributed by atoms with E-state index in [0.717, 1.165) is 47.1 Å². The van der Waals surface area contributed by atoms with Gasteiger partial charge in [0.05, 0.1) is 12.6 Å². The van der Waals surface area contributed by atoms with Gasteiger partial charge in [-0.05, 0) is 61.3 Å². The summed E-state index contributed by atoms with van der Waals surface area (Å²) in [6.45, 7) is 2.22. The fourth-order valence-corrected chi connectivity index (χ4v) is 4.75. The first-order valence-corrected chi connectivity index (χ1v) is 12.7. The van der Waals surface area contributed by atoms with E-state index in [9.17, 15) is 4.79 Å². The average molecular weight is 531 g/mol. The predicted molar refractivity (Wildman–Crippen MR) is 138 cm³/mol. The summed E-state index contributed by atoms with van der Waals surface area (Å²) in [5, 5.41) is 7.43. The number of carbonyl (C=O) groups is 1. The number of hydrogen-bond donors (Lipinski definition) is 1. The number of rotatable bonds is 7. The van der Waals surface area contributed by atoms with Crippen LogP contribution >= 0.6 is 15.9 Å². The van der Waals surface area contributed by atoms with Gasteiger partial charge in [0.1, 0.15) is 0 Å². The second-order valence-corrected chi connectivity index (χ2v) is 9.75. The van der Waals surface area contributed by atoms with E-state index in [4.69, 9.17) is 4.52 Å². The molecule has 2 heterocycles. The lowest BCUT2D eigenvalue weighted by Gasteiger charge is -2.31. The Bertz CT molecular complexity index is 1200. The summed E-state index contributed by atoms with van der Waals surface area (Å²) in [6, 6.07) is 28.0. The SMILES string of the molecule is O=C(NC(c1ccccc1)c1ccccc1)C1CCN(Cc2nc(-c3ccc(Br)cc3)no2)CC1. The Hall–Kier alpha value is -3.29. The number of hydrogen-bond acceptors (Lipinski definition) is 5. The Morgan fingerprint density at radius 3 is 2.14 bits per heavy atom. The summed E-state index contributed by atoms with van der Waals surface area (Å²) in [7, 11) is 0. The Morgan fingerprint density at radius 2 is 1.54 bits per heavy atom. The van der Waals surface area contributed by atoms with Gasteiger partial charge in [-0.2, -0.15) is 4.98 Å². The molecular weight excluding hydrogens is 504 g/mol. The number of nitrogens with one attached hydrogen (secondary N) is 1. The summed E-state index contributed by atoms with van der Waals surface area (Å²) >= 11 is 3.44. The number of benzene rings is 3. The lowest BCUT2D eigenvalue weighted by atomic mass is 9.93. The Balaban J connectivity index is 1.18. The van der Waals surface area contributed by atoms with Crippen LogP contribution in [-0.2, 0) is 11.3 Å². The van der Waals surface area contributed by atoms with Crippen LogP contribution < -0.4 is 5.32 Å². The highest BCUT2D eigenvalue weighted by Gasteiger charge is 2.28. The van der Waals surface area contributed by atoms with Gasteiger partial charge < -0.3 is 9.84 Å². The van der Waals surface area contributed by atoms with Crippen LogP contribution in [0.25, 0.3) is 11.4 Å². The molecule has 1 aromatic heterocycles. The largest absolute Gasteiger partial charge is 0.345 e. The fraction of sp³-hybridized carbons (Fsp3) is 0.250. The highest BCUT2D eigenvalue weighted by atomic mass is 79.9. The molecule has 1 amide bonds. The van der Waals surface area contributed by atoms with E-state index in [1.54, 1.807) is 0 Å². The van der Waals surface area contributed by atoms with Gasteiger partial charge in [-0.15, -0.1) is 0 Å². The van der Waals surface area contributed by atoms with Gasteiger partial charge in [0, 0.05) is 16.0 Å². The van der Waals surface area contributed by atoms with Crippen molar-refractivity contribution in [3.63, 3.8) is 0 Å². The zero-order valence-electron chi connectivity index (χ0n) is 19.3. The predicted octanol–water partition coefficient (Wildman–Crippen LogP) is 5.62. The Labute approximate surface area is 213 Å². The summed E-state index contributed by atoms with van der Waals surface area (Å²) in [6.07, 6.45) is 1.60. The molecule has 0 unspecified atom stereocenters. The molecular formula is C28H27BrN4O2.